The average molecular weight is 289 g/mol. The Morgan fingerprint density at radius 2 is 1.45 bits per heavy atom. The Kier molecular flexibility index (Phi) is 9.39. The van der Waals surface area contributed by atoms with E-state index in [-0.39, 0.29) is 5.41 Å². The minimum absolute atomic E-state index is 0.186. The fourth-order valence-corrected chi connectivity index (χ4v) is 1.69. The summed E-state index contributed by atoms with van der Waals surface area (Å²) < 4.78 is 21.3. The van der Waals surface area contributed by atoms with E-state index in [0.717, 1.165) is 19.2 Å². The number of nitrogens with one attached hydrogen (secondary N) is 1. The Labute approximate surface area is 123 Å². The van der Waals surface area contributed by atoms with Crippen LogP contribution in [0, 0.1) is 5.41 Å². The van der Waals surface area contributed by atoms with Crippen molar-refractivity contribution in [1.82, 2.24) is 5.32 Å². The van der Waals surface area contributed by atoms with Crippen molar-refractivity contribution in [2.45, 2.75) is 32.7 Å². The molecule has 120 valence electrons. The lowest BCUT2D eigenvalue weighted by Crippen LogP contribution is -2.34. The first-order valence-corrected chi connectivity index (χ1v) is 7.59. The molecule has 1 rings (SSSR count). The van der Waals surface area contributed by atoms with E-state index in [0.29, 0.717) is 39.6 Å². The summed E-state index contributed by atoms with van der Waals surface area (Å²) in [4.78, 5) is 0. The van der Waals surface area contributed by atoms with Gasteiger partial charge in [-0.3, -0.25) is 0 Å². The Morgan fingerprint density at radius 1 is 0.900 bits per heavy atom. The minimum Gasteiger partial charge on any atom is -0.382 e. The second kappa shape index (κ2) is 10.5. The average Bonchev–Trinajstić information content (AvgIpc) is 3.23. The first kappa shape index (κ1) is 17.9. The van der Waals surface area contributed by atoms with Crippen molar-refractivity contribution < 1.29 is 18.9 Å². The number of methoxy groups -OCH3 is 1. The third-order valence-electron chi connectivity index (χ3n) is 3.12. The van der Waals surface area contributed by atoms with Crippen LogP contribution in [0.4, 0.5) is 0 Å². The highest BCUT2D eigenvalue weighted by molar-refractivity contribution is 4.83. The molecule has 5 heteroatoms. The number of ether oxygens (including phenoxy) is 4. The first-order chi connectivity index (χ1) is 9.64. The van der Waals surface area contributed by atoms with Crippen molar-refractivity contribution in [2.75, 3.05) is 59.9 Å². The van der Waals surface area contributed by atoms with Crippen LogP contribution in [-0.2, 0) is 18.9 Å². The zero-order valence-corrected chi connectivity index (χ0v) is 13.3. The van der Waals surface area contributed by atoms with E-state index < -0.39 is 0 Å². The van der Waals surface area contributed by atoms with Gasteiger partial charge in [0.1, 0.15) is 0 Å². The predicted octanol–water partition coefficient (Wildman–Crippen LogP) is 1.46. The molecule has 0 atom stereocenters. The van der Waals surface area contributed by atoms with Gasteiger partial charge in [-0.2, -0.15) is 0 Å². The fraction of sp³-hybridized carbons (Fsp3) is 1.00. The van der Waals surface area contributed by atoms with E-state index >= 15 is 0 Å². The normalized spacial score (nSPS) is 15.8. The molecule has 0 radical (unpaired) electrons. The predicted molar refractivity (Wildman–Crippen MR) is 79.1 cm³/mol. The molecule has 0 aromatic rings. The third kappa shape index (κ3) is 10.6. The maximum Gasteiger partial charge on any atom is 0.0701 e. The minimum atomic E-state index is 0.186. The number of rotatable bonds is 14. The molecule has 0 amide bonds. The van der Waals surface area contributed by atoms with E-state index in [1.165, 1.54) is 12.8 Å². The van der Waals surface area contributed by atoms with Gasteiger partial charge in [0.15, 0.2) is 0 Å². The summed E-state index contributed by atoms with van der Waals surface area (Å²) in [6.07, 6.45) is 2.66. The maximum atomic E-state index is 5.67. The molecule has 0 spiro atoms. The summed E-state index contributed by atoms with van der Waals surface area (Å²) >= 11 is 0. The van der Waals surface area contributed by atoms with Gasteiger partial charge in [-0.15, -0.1) is 0 Å². The molecule has 0 unspecified atom stereocenters. The van der Waals surface area contributed by atoms with E-state index in [9.17, 15) is 0 Å². The molecule has 1 fully saturated rings. The third-order valence-corrected chi connectivity index (χ3v) is 3.12. The van der Waals surface area contributed by atoms with Gasteiger partial charge >= 0.3 is 0 Å². The molecule has 0 aromatic heterocycles. The van der Waals surface area contributed by atoms with E-state index in [2.05, 4.69) is 19.2 Å². The van der Waals surface area contributed by atoms with Crippen molar-refractivity contribution >= 4 is 0 Å². The largest absolute Gasteiger partial charge is 0.382 e. The van der Waals surface area contributed by atoms with Crippen LogP contribution < -0.4 is 5.32 Å². The summed E-state index contributed by atoms with van der Waals surface area (Å²) in [5, 5.41) is 3.54. The standard InChI is InChI=1S/C15H31NO4/c1-15(2,12-16-14-4-5-14)13-20-11-10-19-9-8-18-7-6-17-3/h14,16H,4-13H2,1-3H3. The lowest BCUT2D eigenvalue weighted by Gasteiger charge is -2.24. The van der Waals surface area contributed by atoms with Crippen LogP contribution in [0.15, 0.2) is 0 Å². The molecule has 1 saturated carbocycles. The summed E-state index contributed by atoms with van der Waals surface area (Å²) in [5.74, 6) is 0. The van der Waals surface area contributed by atoms with E-state index in [1.54, 1.807) is 7.11 Å². The van der Waals surface area contributed by atoms with Crippen LogP contribution in [-0.4, -0.2) is 65.9 Å². The van der Waals surface area contributed by atoms with Crippen LogP contribution in [0.1, 0.15) is 26.7 Å². The summed E-state index contributed by atoms with van der Waals surface area (Å²) in [5.41, 5.74) is 0.186. The van der Waals surface area contributed by atoms with Gasteiger partial charge in [-0.1, -0.05) is 13.8 Å². The monoisotopic (exact) mass is 289 g/mol. The van der Waals surface area contributed by atoms with Gasteiger partial charge in [0.05, 0.1) is 46.2 Å². The van der Waals surface area contributed by atoms with E-state index in [4.69, 9.17) is 18.9 Å². The summed E-state index contributed by atoms with van der Waals surface area (Å²) in [6.45, 7) is 9.99. The molecule has 0 aliphatic heterocycles. The molecule has 1 N–H and O–H groups in total. The molecule has 5 nitrogen and oxygen atoms in total. The second-order valence-corrected chi connectivity index (χ2v) is 6.09. The van der Waals surface area contributed by atoms with Crippen LogP contribution >= 0.6 is 0 Å². The van der Waals surface area contributed by atoms with Crippen molar-refractivity contribution in [3.63, 3.8) is 0 Å². The first-order valence-electron chi connectivity index (χ1n) is 7.59. The van der Waals surface area contributed by atoms with Gasteiger partial charge in [0.2, 0.25) is 0 Å². The lowest BCUT2D eigenvalue weighted by molar-refractivity contribution is -0.00945. The Bertz CT molecular complexity index is 232. The lowest BCUT2D eigenvalue weighted by atomic mass is 9.95. The van der Waals surface area contributed by atoms with Crippen molar-refractivity contribution in [1.29, 1.82) is 0 Å². The van der Waals surface area contributed by atoms with Gasteiger partial charge < -0.3 is 24.3 Å². The zero-order valence-electron chi connectivity index (χ0n) is 13.3. The van der Waals surface area contributed by atoms with Crippen molar-refractivity contribution in [3.05, 3.63) is 0 Å². The highest BCUT2D eigenvalue weighted by atomic mass is 16.6. The Hall–Kier alpha value is -0.200. The van der Waals surface area contributed by atoms with Gasteiger partial charge in [-0.05, 0) is 12.8 Å². The Balaban J connectivity index is 1.80. The van der Waals surface area contributed by atoms with Crippen LogP contribution in [0.5, 0.6) is 0 Å². The molecule has 0 saturated heterocycles. The van der Waals surface area contributed by atoms with Crippen LogP contribution in [0.2, 0.25) is 0 Å². The van der Waals surface area contributed by atoms with Crippen LogP contribution in [0.25, 0.3) is 0 Å². The van der Waals surface area contributed by atoms with Gasteiger partial charge in [0.25, 0.3) is 0 Å². The summed E-state index contributed by atoms with van der Waals surface area (Å²) in [7, 11) is 1.67. The molecule has 0 aromatic carbocycles. The van der Waals surface area contributed by atoms with Crippen molar-refractivity contribution in [2.24, 2.45) is 5.41 Å². The fourth-order valence-electron chi connectivity index (χ4n) is 1.69. The molecular weight excluding hydrogens is 258 g/mol. The van der Waals surface area contributed by atoms with Gasteiger partial charge in [0, 0.05) is 25.1 Å². The molecule has 0 bridgehead atoms. The molecule has 1 aliphatic rings. The highest BCUT2D eigenvalue weighted by Gasteiger charge is 2.25. The SMILES string of the molecule is COCCOCCOCCOCC(C)(C)CNC1CC1. The van der Waals surface area contributed by atoms with Gasteiger partial charge in [-0.25, -0.2) is 0 Å². The molecule has 1 aliphatic carbocycles. The number of hydrogen-bond donors (Lipinski definition) is 1. The van der Waals surface area contributed by atoms with Crippen LogP contribution in [0.3, 0.4) is 0 Å². The topological polar surface area (TPSA) is 49.0 Å². The maximum absolute atomic E-state index is 5.67. The van der Waals surface area contributed by atoms with Crippen molar-refractivity contribution in [3.8, 4) is 0 Å². The summed E-state index contributed by atoms with van der Waals surface area (Å²) in [6, 6.07) is 0.760. The molecule has 20 heavy (non-hydrogen) atoms. The Morgan fingerprint density at radius 3 is 2.00 bits per heavy atom. The highest BCUT2D eigenvalue weighted by Crippen LogP contribution is 2.21. The molecular formula is C15H31NO4. The molecule has 0 heterocycles. The smallest absolute Gasteiger partial charge is 0.0701 e. The zero-order chi connectivity index (χ0) is 14.7. The second-order valence-electron chi connectivity index (χ2n) is 6.09. The quantitative estimate of drug-likeness (QED) is 0.491. The van der Waals surface area contributed by atoms with E-state index in [1.807, 2.05) is 0 Å². The number of hydrogen-bond acceptors (Lipinski definition) is 5.